The lowest BCUT2D eigenvalue weighted by atomic mass is 10.0. The number of esters is 3. The molecule has 0 aromatic carbocycles. The molecule has 0 saturated carbocycles. The Labute approximate surface area is 727 Å². The van der Waals surface area contributed by atoms with Gasteiger partial charge in [0.25, 0.3) is 0 Å². The Kier molecular flexibility index (Phi) is 88.6. The number of phosphoric ester groups is 2. The molecule has 684 valence electrons. The summed E-state index contributed by atoms with van der Waals surface area (Å²) in [6.07, 6.45) is 119. The summed E-state index contributed by atoms with van der Waals surface area (Å²) in [4.78, 5) is 58.9. The Balaban J connectivity index is 4.35. The normalized spacial score (nSPS) is 14.4. The van der Waals surface area contributed by atoms with E-state index in [0.29, 0.717) is 19.3 Å². The van der Waals surface area contributed by atoms with Crippen LogP contribution in [0.5, 0.6) is 0 Å². The number of hydrogen-bond donors (Lipinski definition) is 4. The molecule has 0 aliphatic carbocycles. The first-order chi connectivity index (χ1) is 58.2. The molecule has 0 aromatic heterocycles. The highest BCUT2D eigenvalue weighted by atomic mass is 31.2. The molecule has 0 bridgehead atoms. The summed E-state index contributed by atoms with van der Waals surface area (Å²) in [6.45, 7) is 2.42. The van der Waals surface area contributed by atoms with Crippen LogP contribution in [0.2, 0.25) is 0 Å². The molecule has 4 N–H and O–H groups in total. The van der Waals surface area contributed by atoms with E-state index in [1.54, 1.807) is 0 Å². The van der Waals surface area contributed by atoms with Gasteiger partial charge < -0.3 is 34.2 Å². The van der Waals surface area contributed by atoms with E-state index in [1.807, 2.05) is 0 Å². The van der Waals surface area contributed by atoms with Crippen LogP contribution in [0.1, 0.15) is 406 Å². The minimum atomic E-state index is -4.94. The number of aliphatic hydroxyl groups is 2. The van der Waals surface area contributed by atoms with Gasteiger partial charge in [-0.3, -0.25) is 32.5 Å². The summed E-state index contributed by atoms with van der Waals surface area (Å²) in [5, 5.41) is 20.7. The Morgan fingerprint density at radius 3 is 0.706 bits per heavy atom. The average Bonchev–Trinajstić information content (AvgIpc) is 0.893. The number of rotatable bonds is 90. The van der Waals surface area contributed by atoms with Crippen LogP contribution in [0.15, 0.2) is 158 Å². The zero-order valence-electron chi connectivity index (χ0n) is 75.5. The van der Waals surface area contributed by atoms with E-state index >= 15 is 0 Å². The molecule has 18 heteroatoms. The van der Waals surface area contributed by atoms with Gasteiger partial charge in [-0.25, -0.2) is 9.13 Å². The smallest absolute Gasteiger partial charge is 0.463 e. The second kappa shape index (κ2) is 92.4. The molecule has 5 unspecified atom stereocenters. The predicted octanol–water partition coefficient (Wildman–Crippen LogP) is 29.7. The number of unbranched alkanes of at least 4 members (excludes halogenated alkanes) is 41. The SMILES string of the molecule is CC/C=C\C/C=C\C/C=C\C/C=C\C/C=C\C/C=C\CCCCCCCCCCCCCCCCCCC(=O)OCC(O)COP(=O)(O)OCC(O)COP(=O)(O)OCC(COC(=O)CCCCCCCCCCCCCCCCCCCCC/C=C\C/C=C\C/C=C\C/C=C\C/C=C\CC)OC(=O)CCCCCCC/C=C\C/C=C\CCC. The molecule has 0 radical (unpaired) electrons. The van der Waals surface area contributed by atoms with Crippen molar-refractivity contribution in [2.24, 2.45) is 0 Å². The minimum Gasteiger partial charge on any atom is -0.463 e. The van der Waals surface area contributed by atoms with Crippen LogP contribution in [0.25, 0.3) is 0 Å². The maximum Gasteiger partial charge on any atom is 0.472 e. The van der Waals surface area contributed by atoms with Gasteiger partial charge in [0, 0.05) is 19.3 Å². The third-order valence-corrected chi connectivity index (χ3v) is 22.1. The van der Waals surface area contributed by atoms with Gasteiger partial charge in [-0.2, -0.15) is 0 Å². The summed E-state index contributed by atoms with van der Waals surface area (Å²) in [7, 11) is -9.80. The lowest BCUT2D eigenvalue weighted by molar-refractivity contribution is -0.161. The molecule has 0 fully saturated rings. The average molecular weight is 1710 g/mol. The fourth-order valence-corrected chi connectivity index (χ4v) is 14.6. The molecule has 0 aliphatic heterocycles. The minimum absolute atomic E-state index is 0.0885. The van der Waals surface area contributed by atoms with Gasteiger partial charge in [-0.15, -0.1) is 0 Å². The quantitative estimate of drug-likeness (QED) is 0.0146. The second-order valence-electron chi connectivity index (χ2n) is 31.8. The van der Waals surface area contributed by atoms with Gasteiger partial charge in [0.05, 0.1) is 26.4 Å². The first kappa shape index (κ1) is 114. The molecule has 119 heavy (non-hydrogen) atoms. The fourth-order valence-electron chi connectivity index (χ4n) is 13.1. The molecular weight excluding hydrogens is 1530 g/mol. The molecule has 0 amide bonds. The second-order valence-corrected chi connectivity index (χ2v) is 34.7. The fraction of sp³-hybridized carbons (Fsp3) is 0.713. The van der Waals surface area contributed by atoms with Crippen LogP contribution in [0.3, 0.4) is 0 Å². The van der Waals surface area contributed by atoms with E-state index in [2.05, 4.69) is 179 Å². The first-order valence-electron chi connectivity index (χ1n) is 47.8. The molecule has 0 heterocycles. The monoisotopic (exact) mass is 1710 g/mol. The van der Waals surface area contributed by atoms with Crippen molar-refractivity contribution in [2.45, 2.75) is 424 Å². The van der Waals surface area contributed by atoms with Gasteiger partial charge >= 0.3 is 33.6 Å². The zero-order valence-corrected chi connectivity index (χ0v) is 77.3. The molecule has 16 nitrogen and oxygen atoms in total. The van der Waals surface area contributed by atoms with Crippen LogP contribution in [-0.2, 0) is 55.8 Å². The Morgan fingerprint density at radius 2 is 0.445 bits per heavy atom. The third-order valence-electron chi connectivity index (χ3n) is 20.2. The van der Waals surface area contributed by atoms with Crippen LogP contribution in [0.4, 0.5) is 0 Å². The number of hydrogen-bond acceptors (Lipinski definition) is 14. The highest BCUT2D eigenvalue weighted by Crippen LogP contribution is 2.45. The van der Waals surface area contributed by atoms with E-state index < -0.39 is 91.5 Å². The van der Waals surface area contributed by atoms with Gasteiger partial charge in [0.1, 0.15) is 25.4 Å². The van der Waals surface area contributed by atoms with E-state index in [1.165, 1.54) is 186 Å². The largest absolute Gasteiger partial charge is 0.472 e. The van der Waals surface area contributed by atoms with E-state index in [4.69, 9.17) is 32.3 Å². The van der Waals surface area contributed by atoms with Crippen LogP contribution < -0.4 is 0 Å². The Hall–Kier alpha value is -4.83. The standard InChI is InChI=1S/C101H174O16P2/c1-4-7-10-13-16-19-22-25-27-29-31-33-35-37-39-41-43-45-47-49-51-53-55-57-59-61-63-65-67-70-72-75-78-81-84-87-99(104)111-90-96(102)91-113-118(107,108)114-92-97(103)93-115-119(109,110)116-95-98(117-101(106)89-86-83-80-77-74-69-24-21-18-15-12-9-6-3)94-112-100(105)88-85-82-79-76-73-71-68-66-64-62-60-58-56-54-52-50-48-46-44-42-40-38-36-34-32-30-28-26-23-20-17-14-11-8-5-2/h7-8,10-12,15-17,19-21,24-28,31-34,37-40,43,45,96-98,102-103H,4-6,9,13-14,18,22-23,29-30,35-36,41-42,44,46-95H2,1-3H3,(H,107,108)(H,109,110)/b10-7-,11-8-,15-12-,19-16-,20-17-,24-21-,27-25-,28-26-,33-31-,34-32-,39-37-,40-38-,45-43-. The van der Waals surface area contributed by atoms with Crippen molar-refractivity contribution in [1.29, 1.82) is 0 Å². The lowest BCUT2D eigenvalue weighted by Crippen LogP contribution is -2.30. The number of carbonyl (C=O) groups is 3. The Bertz CT molecular complexity index is 2790. The predicted molar refractivity (Wildman–Crippen MR) is 500 cm³/mol. The van der Waals surface area contributed by atoms with Crippen molar-refractivity contribution >= 4 is 33.6 Å². The van der Waals surface area contributed by atoms with Crippen LogP contribution >= 0.6 is 15.6 Å². The number of ether oxygens (including phenoxy) is 3. The van der Waals surface area contributed by atoms with Gasteiger partial charge in [-0.1, -0.05) is 403 Å². The number of phosphoric acid groups is 2. The van der Waals surface area contributed by atoms with Gasteiger partial charge in [-0.05, 0) is 141 Å². The Morgan fingerprint density at radius 1 is 0.244 bits per heavy atom. The van der Waals surface area contributed by atoms with E-state index in [-0.39, 0.29) is 19.3 Å². The zero-order chi connectivity index (χ0) is 86.5. The summed E-state index contributed by atoms with van der Waals surface area (Å²) in [5.74, 6) is -1.58. The van der Waals surface area contributed by atoms with E-state index in [9.17, 15) is 43.5 Å². The summed E-state index contributed by atoms with van der Waals surface area (Å²) < 4.78 is 61.4. The van der Waals surface area contributed by atoms with Crippen molar-refractivity contribution in [3.05, 3.63) is 158 Å². The molecule has 0 aliphatic rings. The summed E-state index contributed by atoms with van der Waals surface area (Å²) >= 11 is 0. The van der Waals surface area contributed by atoms with Gasteiger partial charge in [0.15, 0.2) is 6.10 Å². The van der Waals surface area contributed by atoms with Crippen molar-refractivity contribution in [3.63, 3.8) is 0 Å². The molecule has 0 rings (SSSR count). The number of allylic oxidation sites excluding steroid dienone is 26. The third kappa shape index (κ3) is 93.7. The number of carbonyl (C=O) groups excluding carboxylic acids is 3. The summed E-state index contributed by atoms with van der Waals surface area (Å²) in [5.41, 5.74) is 0. The van der Waals surface area contributed by atoms with Gasteiger partial charge in [0.2, 0.25) is 0 Å². The summed E-state index contributed by atoms with van der Waals surface area (Å²) in [6, 6.07) is 0. The van der Waals surface area contributed by atoms with Crippen LogP contribution in [0, 0.1) is 0 Å². The molecular formula is C101H174O16P2. The van der Waals surface area contributed by atoms with Crippen molar-refractivity contribution < 1.29 is 75.8 Å². The molecule has 0 spiro atoms. The van der Waals surface area contributed by atoms with Crippen molar-refractivity contribution in [1.82, 2.24) is 0 Å². The lowest BCUT2D eigenvalue weighted by Gasteiger charge is -2.21. The molecule has 0 aromatic rings. The van der Waals surface area contributed by atoms with Crippen molar-refractivity contribution in [3.8, 4) is 0 Å². The molecule has 0 saturated heterocycles. The maximum atomic E-state index is 13.0. The molecule has 5 atom stereocenters. The van der Waals surface area contributed by atoms with Crippen molar-refractivity contribution in [2.75, 3.05) is 39.6 Å². The highest BCUT2D eigenvalue weighted by molar-refractivity contribution is 7.47. The number of aliphatic hydroxyl groups excluding tert-OH is 2. The highest BCUT2D eigenvalue weighted by Gasteiger charge is 2.30. The van der Waals surface area contributed by atoms with Crippen LogP contribution in [-0.4, -0.2) is 95.9 Å². The van der Waals surface area contributed by atoms with E-state index in [0.717, 1.165) is 161 Å². The first-order valence-corrected chi connectivity index (χ1v) is 50.8. The maximum absolute atomic E-state index is 13.0. The topological polar surface area (TPSA) is 231 Å².